The Morgan fingerprint density at radius 3 is 2.92 bits per heavy atom. The minimum absolute atomic E-state index is 0.200. The Morgan fingerprint density at radius 2 is 2.38 bits per heavy atom. The molecule has 0 amide bonds. The van der Waals surface area contributed by atoms with E-state index in [0.717, 1.165) is 6.42 Å². The van der Waals surface area contributed by atoms with Crippen molar-refractivity contribution < 1.29 is 13.9 Å². The number of allylic oxidation sites excluding steroid dienone is 1. The van der Waals surface area contributed by atoms with Crippen molar-refractivity contribution in [1.29, 1.82) is 0 Å². The van der Waals surface area contributed by atoms with Crippen molar-refractivity contribution in [2.24, 2.45) is 0 Å². The monoisotopic (exact) mass is 242 g/mol. The first kappa shape index (κ1) is 8.56. The molecule has 0 saturated heterocycles. The number of hydrogen-bond donors (Lipinski definition) is 0. The van der Waals surface area contributed by atoms with E-state index in [2.05, 4.69) is 15.9 Å². The maximum atomic E-state index is 11.6. The summed E-state index contributed by atoms with van der Waals surface area (Å²) >= 11 is 3.22. The molecule has 1 aromatic rings. The normalized spacial score (nSPS) is 15.3. The highest BCUT2D eigenvalue weighted by Crippen LogP contribution is 2.23. The minimum Gasteiger partial charge on any atom is -0.489 e. The van der Waals surface area contributed by atoms with Crippen molar-refractivity contribution in [3.8, 4) is 0 Å². The summed E-state index contributed by atoms with van der Waals surface area (Å²) in [5.41, 5.74) is 0. The number of halogens is 1. The van der Waals surface area contributed by atoms with Crippen LogP contribution in [-0.2, 0) is 4.74 Å². The molecular weight excluding hydrogens is 236 g/mol. The molecule has 0 bridgehead atoms. The predicted molar refractivity (Wildman–Crippen MR) is 49.4 cm³/mol. The molecule has 0 spiro atoms. The topological polar surface area (TPSA) is 39.4 Å². The smallest absolute Gasteiger partial charge is 0.263 e. The summed E-state index contributed by atoms with van der Waals surface area (Å²) < 4.78 is 10.8. The van der Waals surface area contributed by atoms with Crippen LogP contribution in [0.3, 0.4) is 0 Å². The summed E-state index contributed by atoms with van der Waals surface area (Å²) in [6, 6.07) is 1.68. The fourth-order valence-electron chi connectivity index (χ4n) is 1.14. The van der Waals surface area contributed by atoms with E-state index in [1.807, 2.05) is 0 Å². The van der Waals surface area contributed by atoms with E-state index in [9.17, 15) is 4.79 Å². The lowest BCUT2D eigenvalue weighted by molar-refractivity contribution is 0.0914. The molecule has 1 aliphatic rings. The average molecular weight is 243 g/mol. The maximum absolute atomic E-state index is 11.6. The van der Waals surface area contributed by atoms with E-state index in [4.69, 9.17) is 9.15 Å². The third-order valence-electron chi connectivity index (χ3n) is 1.75. The zero-order valence-electron chi connectivity index (χ0n) is 6.75. The molecule has 1 aromatic heterocycles. The summed E-state index contributed by atoms with van der Waals surface area (Å²) in [5, 5.41) is 0. The Hall–Kier alpha value is -1.03. The molecular formula is C9H7BrO3. The van der Waals surface area contributed by atoms with Crippen LogP contribution < -0.4 is 0 Å². The van der Waals surface area contributed by atoms with Crippen molar-refractivity contribution in [2.45, 2.75) is 6.42 Å². The van der Waals surface area contributed by atoms with E-state index >= 15 is 0 Å². The van der Waals surface area contributed by atoms with Crippen LogP contribution in [-0.4, -0.2) is 12.4 Å². The molecule has 0 saturated carbocycles. The quantitative estimate of drug-likeness (QED) is 0.749. The number of Topliss-reactive ketones (excluding diaryl/α,β-unsaturated/α-hetero) is 1. The standard InChI is InChI=1S/C9H7BrO3/c10-6-3-5-13-9(6)8(11)7-2-1-4-12-7/h2-3,5H,1,4H2. The van der Waals surface area contributed by atoms with Crippen LogP contribution >= 0.6 is 15.9 Å². The Morgan fingerprint density at radius 1 is 1.54 bits per heavy atom. The Bertz CT molecular complexity index is 365. The second-order valence-corrected chi connectivity index (χ2v) is 3.49. The Kier molecular flexibility index (Phi) is 2.22. The Balaban J connectivity index is 2.27. The highest BCUT2D eigenvalue weighted by Gasteiger charge is 2.21. The van der Waals surface area contributed by atoms with E-state index in [-0.39, 0.29) is 5.78 Å². The largest absolute Gasteiger partial charge is 0.489 e. The van der Waals surface area contributed by atoms with Gasteiger partial charge in [-0.15, -0.1) is 0 Å². The van der Waals surface area contributed by atoms with Gasteiger partial charge in [0.25, 0.3) is 5.78 Å². The van der Waals surface area contributed by atoms with Crippen LogP contribution in [0, 0.1) is 0 Å². The van der Waals surface area contributed by atoms with Gasteiger partial charge in [0.05, 0.1) is 17.3 Å². The number of hydrogen-bond acceptors (Lipinski definition) is 3. The fourth-order valence-corrected chi connectivity index (χ4v) is 1.53. The molecule has 0 N–H and O–H groups in total. The number of carbonyl (C=O) groups is 1. The minimum atomic E-state index is -0.200. The zero-order valence-corrected chi connectivity index (χ0v) is 8.33. The van der Waals surface area contributed by atoms with Crippen LogP contribution in [0.15, 0.2) is 33.1 Å². The first-order valence-corrected chi connectivity index (χ1v) is 4.69. The van der Waals surface area contributed by atoms with Gasteiger partial charge in [-0.2, -0.15) is 0 Å². The zero-order chi connectivity index (χ0) is 9.26. The molecule has 2 rings (SSSR count). The van der Waals surface area contributed by atoms with Crippen LogP contribution in [0.25, 0.3) is 0 Å². The van der Waals surface area contributed by atoms with Gasteiger partial charge in [0.2, 0.25) is 0 Å². The van der Waals surface area contributed by atoms with Crippen molar-refractivity contribution in [3.63, 3.8) is 0 Å². The highest BCUT2D eigenvalue weighted by molar-refractivity contribution is 9.10. The van der Waals surface area contributed by atoms with Crippen molar-refractivity contribution >= 4 is 21.7 Å². The molecule has 2 heterocycles. The van der Waals surface area contributed by atoms with Gasteiger partial charge >= 0.3 is 0 Å². The SMILES string of the molecule is O=C(C1=CCCO1)c1occc1Br. The first-order chi connectivity index (χ1) is 6.29. The number of ketones is 1. The third-order valence-corrected chi connectivity index (χ3v) is 2.38. The van der Waals surface area contributed by atoms with Crippen LogP contribution in [0.2, 0.25) is 0 Å². The summed E-state index contributed by atoms with van der Waals surface area (Å²) in [6.07, 6.45) is 4.03. The first-order valence-electron chi connectivity index (χ1n) is 3.89. The molecule has 0 aromatic carbocycles. The van der Waals surface area contributed by atoms with Crippen LogP contribution in [0.4, 0.5) is 0 Å². The van der Waals surface area contributed by atoms with Gasteiger partial charge in [-0.3, -0.25) is 4.79 Å². The van der Waals surface area contributed by atoms with Crippen molar-refractivity contribution in [3.05, 3.63) is 34.4 Å². The molecule has 4 heteroatoms. The lowest BCUT2D eigenvalue weighted by Crippen LogP contribution is -2.02. The lowest BCUT2D eigenvalue weighted by Gasteiger charge is -1.99. The molecule has 68 valence electrons. The van der Waals surface area contributed by atoms with Crippen molar-refractivity contribution in [2.75, 3.05) is 6.61 Å². The van der Waals surface area contributed by atoms with Crippen LogP contribution in [0.5, 0.6) is 0 Å². The van der Waals surface area contributed by atoms with Gasteiger partial charge in [-0.25, -0.2) is 0 Å². The van der Waals surface area contributed by atoms with Gasteiger partial charge in [0.1, 0.15) is 0 Å². The predicted octanol–water partition coefficient (Wildman–Crippen LogP) is 2.53. The van der Waals surface area contributed by atoms with E-state index < -0.39 is 0 Å². The number of ether oxygens (including phenoxy) is 1. The lowest BCUT2D eigenvalue weighted by atomic mass is 10.2. The molecule has 3 nitrogen and oxygen atoms in total. The summed E-state index contributed by atoms with van der Waals surface area (Å²) in [7, 11) is 0. The molecule has 0 fully saturated rings. The second-order valence-electron chi connectivity index (χ2n) is 2.63. The van der Waals surface area contributed by atoms with Gasteiger partial charge in [0, 0.05) is 6.42 Å². The summed E-state index contributed by atoms with van der Waals surface area (Å²) in [6.45, 7) is 0.583. The molecule has 1 aliphatic heterocycles. The molecule has 0 atom stereocenters. The molecule has 0 radical (unpaired) electrons. The van der Waals surface area contributed by atoms with E-state index in [0.29, 0.717) is 22.6 Å². The van der Waals surface area contributed by atoms with Gasteiger partial charge in [-0.05, 0) is 28.1 Å². The van der Waals surface area contributed by atoms with E-state index in [1.54, 1.807) is 12.1 Å². The third kappa shape index (κ3) is 1.54. The highest BCUT2D eigenvalue weighted by atomic mass is 79.9. The van der Waals surface area contributed by atoms with Gasteiger partial charge in [-0.1, -0.05) is 0 Å². The van der Waals surface area contributed by atoms with Gasteiger partial charge < -0.3 is 9.15 Å². The molecule has 0 aliphatic carbocycles. The fraction of sp³-hybridized carbons (Fsp3) is 0.222. The number of rotatable bonds is 2. The molecule has 0 unspecified atom stereocenters. The number of carbonyl (C=O) groups excluding carboxylic acids is 1. The average Bonchev–Trinajstić information content (AvgIpc) is 2.72. The Labute approximate surface area is 83.5 Å². The molecule has 13 heavy (non-hydrogen) atoms. The van der Waals surface area contributed by atoms with Gasteiger partial charge in [0.15, 0.2) is 11.5 Å². The van der Waals surface area contributed by atoms with E-state index in [1.165, 1.54) is 6.26 Å². The number of furan rings is 1. The van der Waals surface area contributed by atoms with Crippen LogP contribution in [0.1, 0.15) is 17.0 Å². The van der Waals surface area contributed by atoms with Crippen molar-refractivity contribution in [1.82, 2.24) is 0 Å². The second kappa shape index (κ2) is 3.38. The summed E-state index contributed by atoms with van der Waals surface area (Å²) in [5.74, 6) is 0.484. The maximum Gasteiger partial charge on any atom is 0.263 e. The summed E-state index contributed by atoms with van der Waals surface area (Å²) in [4.78, 5) is 11.6.